The summed E-state index contributed by atoms with van der Waals surface area (Å²) in [5, 5.41) is 11.9. The van der Waals surface area contributed by atoms with Crippen molar-refractivity contribution in [3.63, 3.8) is 0 Å². The molecule has 7 heteroatoms. The van der Waals surface area contributed by atoms with Crippen molar-refractivity contribution in [2.45, 2.75) is 50.7 Å². The largest absolute Gasteiger partial charge is 0.481 e. The molecule has 1 aromatic heterocycles. The standard InChI is InChI=1S/C18H27N3O4/c1-20-13(10-17(22)23)4-5-14(20)11-19-18(24)16-7-6-15(25-16)12-21-8-2-3-9-21/h6-7,13-14H,2-5,8-12H2,1H3,(H,19,24)(H,22,23)/t13-,14+/m1/s1. The van der Waals surface area contributed by atoms with Crippen LogP contribution in [0.2, 0.25) is 0 Å². The Morgan fingerprint density at radius 3 is 2.68 bits per heavy atom. The Hall–Kier alpha value is -1.86. The maximum Gasteiger partial charge on any atom is 0.304 e. The van der Waals surface area contributed by atoms with E-state index < -0.39 is 5.97 Å². The molecule has 2 saturated heterocycles. The monoisotopic (exact) mass is 349 g/mol. The minimum Gasteiger partial charge on any atom is -0.481 e. The minimum absolute atomic E-state index is 0.0510. The van der Waals surface area contributed by atoms with Crippen LogP contribution >= 0.6 is 0 Å². The van der Waals surface area contributed by atoms with Crippen LogP contribution in [0.15, 0.2) is 16.5 Å². The molecule has 2 N–H and O–H groups in total. The molecule has 2 aliphatic rings. The van der Waals surface area contributed by atoms with Crippen molar-refractivity contribution in [1.82, 2.24) is 15.1 Å². The lowest BCUT2D eigenvalue weighted by atomic mass is 10.1. The average molecular weight is 349 g/mol. The van der Waals surface area contributed by atoms with Crippen molar-refractivity contribution in [3.8, 4) is 0 Å². The number of carbonyl (C=O) groups is 2. The van der Waals surface area contributed by atoms with E-state index in [0.29, 0.717) is 12.3 Å². The van der Waals surface area contributed by atoms with E-state index in [2.05, 4.69) is 15.1 Å². The molecular formula is C18H27N3O4. The normalized spacial score (nSPS) is 24.7. The van der Waals surface area contributed by atoms with Crippen LogP contribution in [0.5, 0.6) is 0 Å². The van der Waals surface area contributed by atoms with Gasteiger partial charge in [-0.3, -0.25) is 19.4 Å². The van der Waals surface area contributed by atoms with Gasteiger partial charge in [0.05, 0.1) is 13.0 Å². The summed E-state index contributed by atoms with van der Waals surface area (Å²) < 4.78 is 5.68. The second kappa shape index (κ2) is 8.01. The van der Waals surface area contributed by atoms with Gasteiger partial charge in [0.15, 0.2) is 5.76 Å². The molecule has 138 valence electrons. The lowest BCUT2D eigenvalue weighted by Crippen LogP contribution is -2.41. The number of likely N-dealkylation sites (N-methyl/N-ethyl adjacent to an activating group) is 1. The number of carboxylic acids is 1. The highest BCUT2D eigenvalue weighted by Gasteiger charge is 2.32. The molecule has 2 fully saturated rings. The molecule has 0 saturated carbocycles. The summed E-state index contributed by atoms with van der Waals surface area (Å²) in [5.74, 6) is 0.189. The second-order valence-electron chi connectivity index (χ2n) is 7.11. The third kappa shape index (κ3) is 4.61. The Morgan fingerprint density at radius 1 is 1.24 bits per heavy atom. The van der Waals surface area contributed by atoms with Gasteiger partial charge < -0.3 is 14.8 Å². The van der Waals surface area contributed by atoms with E-state index in [1.807, 2.05) is 13.1 Å². The molecule has 0 aliphatic carbocycles. The Bertz CT molecular complexity index is 609. The molecule has 2 atom stereocenters. The Balaban J connectivity index is 1.46. The fourth-order valence-electron chi connectivity index (χ4n) is 3.83. The van der Waals surface area contributed by atoms with Gasteiger partial charge in [0.2, 0.25) is 0 Å². The number of nitrogens with one attached hydrogen (secondary N) is 1. The van der Waals surface area contributed by atoms with Gasteiger partial charge in [-0.1, -0.05) is 0 Å². The fraction of sp³-hybridized carbons (Fsp3) is 0.667. The van der Waals surface area contributed by atoms with Crippen LogP contribution in [0.3, 0.4) is 0 Å². The van der Waals surface area contributed by atoms with Crippen LogP contribution in [-0.4, -0.2) is 65.5 Å². The van der Waals surface area contributed by atoms with Crippen molar-refractivity contribution in [2.24, 2.45) is 0 Å². The summed E-state index contributed by atoms with van der Waals surface area (Å²) in [4.78, 5) is 27.6. The molecule has 0 radical (unpaired) electrons. The lowest BCUT2D eigenvalue weighted by molar-refractivity contribution is -0.138. The first-order valence-electron chi connectivity index (χ1n) is 9.06. The zero-order valence-electron chi connectivity index (χ0n) is 14.7. The van der Waals surface area contributed by atoms with Crippen LogP contribution in [0.25, 0.3) is 0 Å². The summed E-state index contributed by atoms with van der Waals surface area (Å²) in [5.41, 5.74) is 0. The number of rotatable bonds is 7. The molecule has 0 unspecified atom stereocenters. The molecule has 7 nitrogen and oxygen atoms in total. The number of hydrogen-bond acceptors (Lipinski definition) is 5. The molecule has 0 aromatic carbocycles. The van der Waals surface area contributed by atoms with Gasteiger partial charge in [-0.15, -0.1) is 0 Å². The van der Waals surface area contributed by atoms with E-state index in [0.717, 1.165) is 38.2 Å². The number of amides is 1. The number of likely N-dealkylation sites (tertiary alicyclic amines) is 2. The zero-order chi connectivity index (χ0) is 17.8. The summed E-state index contributed by atoms with van der Waals surface area (Å²) in [7, 11) is 1.93. The van der Waals surface area contributed by atoms with E-state index in [-0.39, 0.29) is 24.4 Å². The van der Waals surface area contributed by atoms with Crippen molar-refractivity contribution in [1.29, 1.82) is 0 Å². The number of aliphatic carboxylic acids is 1. The summed E-state index contributed by atoms with van der Waals surface area (Å²) >= 11 is 0. The summed E-state index contributed by atoms with van der Waals surface area (Å²) in [6.07, 6.45) is 4.35. The molecule has 3 heterocycles. The summed E-state index contributed by atoms with van der Waals surface area (Å²) in [6, 6.07) is 3.83. The van der Waals surface area contributed by atoms with Crippen molar-refractivity contribution < 1.29 is 19.1 Å². The van der Waals surface area contributed by atoms with E-state index in [1.165, 1.54) is 12.8 Å². The van der Waals surface area contributed by atoms with Gasteiger partial charge in [-0.25, -0.2) is 0 Å². The van der Waals surface area contributed by atoms with Crippen LogP contribution in [0.4, 0.5) is 0 Å². The first-order valence-corrected chi connectivity index (χ1v) is 9.06. The fourth-order valence-corrected chi connectivity index (χ4v) is 3.83. The van der Waals surface area contributed by atoms with E-state index in [1.54, 1.807) is 6.07 Å². The smallest absolute Gasteiger partial charge is 0.304 e. The highest BCUT2D eigenvalue weighted by atomic mass is 16.4. The topological polar surface area (TPSA) is 86.0 Å². The number of furan rings is 1. The number of carboxylic acid groups (broad SMARTS) is 1. The molecule has 1 aromatic rings. The van der Waals surface area contributed by atoms with E-state index in [9.17, 15) is 9.59 Å². The Morgan fingerprint density at radius 2 is 1.96 bits per heavy atom. The maximum atomic E-state index is 12.3. The minimum atomic E-state index is -0.775. The predicted octanol–water partition coefficient (Wildman–Crippen LogP) is 1.54. The van der Waals surface area contributed by atoms with Gasteiger partial charge in [0.1, 0.15) is 5.76 Å². The SMILES string of the molecule is CN1[C@@H](CC(=O)O)CC[C@H]1CNC(=O)c1ccc(CN2CCCC2)o1. The molecule has 25 heavy (non-hydrogen) atoms. The van der Waals surface area contributed by atoms with Gasteiger partial charge in [0.25, 0.3) is 5.91 Å². The second-order valence-corrected chi connectivity index (χ2v) is 7.11. The number of nitrogens with zero attached hydrogens (tertiary/aromatic N) is 2. The van der Waals surface area contributed by atoms with Crippen LogP contribution < -0.4 is 5.32 Å². The number of hydrogen-bond donors (Lipinski definition) is 2. The third-order valence-corrected chi connectivity index (χ3v) is 5.36. The lowest BCUT2D eigenvalue weighted by Gasteiger charge is -2.24. The molecule has 3 rings (SSSR count). The molecule has 0 spiro atoms. The van der Waals surface area contributed by atoms with Crippen molar-refractivity contribution in [2.75, 3.05) is 26.7 Å². The molecule has 1 amide bonds. The first kappa shape index (κ1) is 17.9. The van der Waals surface area contributed by atoms with Crippen LogP contribution in [0, 0.1) is 0 Å². The predicted molar refractivity (Wildman–Crippen MR) is 92.4 cm³/mol. The van der Waals surface area contributed by atoms with Crippen molar-refractivity contribution >= 4 is 11.9 Å². The van der Waals surface area contributed by atoms with Crippen LogP contribution in [-0.2, 0) is 11.3 Å². The Labute approximate surface area is 148 Å². The highest BCUT2D eigenvalue weighted by molar-refractivity contribution is 5.91. The number of carbonyl (C=O) groups excluding carboxylic acids is 1. The summed E-state index contributed by atoms with van der Waals surface area (Å²) in [6.45, 7) is 3.45. The van der Waals surface area contributed by atoms with E-state index >= 15 is 0 Å². The van der Waals surface area contributed by atoms with Crippen LogP contribution in [0.1, 0.15) is 48.4 Å². The van der Waals surface area contributed by atoms with Gasteiger partial charge in [-0.05, 0) is 58.0 Å². The van der Waals surface area contributed by atoms with Gasteiger partial charge in [0, 0.05) is 18.6 Å². The highest BCUT2D eigenvalue weighted by Crippen LogP contribution is 2.24. The first-order chi connectivity index (χ1) is 12.0. The molecule has 0 bridgehead atoms. The van der Waals surface area contributed by atoms with Gasteiger partial charge >= 0.3 is 5.97 Å². The third-order valence-electron chi connectivity index (χ3n) is 5.36. The molecule has 2 aliphatic heterocycles. The Kier molecular flexibility index (Phi) is 5.75. The molecular weight excluding hydrogens is 322 g/mol. The van der Waals surface area contributed by atoms with Crippen molar-refractivity contribution in [3.05, 3.63) is 23.7 Å². The van der Waals surface area contributed by atoms with Gasteiger partial charge in [-0.2, -0.15) is 0 Å². The van der Waals surface area contributed by atoms with E-state index in [4.69, 9.17) is 9.52 Å². The quantitative estimate of drug-likeness (QED) is 0.777. The maximum absolute atomic E-state index is 12.3. The zero-order valence-corrected chi connectivity index (χ0v) is 14.7. The average Bonchev–Trinajstić information content (AvgIpc) is 3.30.